The highest BCUT2D eigenvalue weighted by atomic mass is 32.1. The van der Waals surface area contributed by atoms with Gasteiger partial charge in [-0.15, -0.1) is 11.3 Å². The Labute approximate surface area is 140 Å². The first-order valence-corrected chi connectivity index (χ1v) is 8.09. The molecule has 2 heterocycles. The van der Waals surface area contributed by atoms with E-state index in [4.69, 9.17) is 5.11 Å². The first-order valence-electron chi connectivity index (χ1n) is 7.21. The molecule has 1 aromatic carbocycles. The average Bonchev–Trinajstić information content (AvgIpc) is 3.23. The van der Waals surface area contributed by atoms with Crippen LogP contribution in [0.5, 0.6) is 0 Å². The molecule has 3 rings (SSSR count). The van der Waals surface area contributed by atoms with Crippen LogP contribution in [0, 0.1) is 10.1 Å². The van der Waals surface area contributed by atoms with Gasteiger partial charge in [0.05, 0.1) is 4.92 Å². The number of carboxylic acids is 1. The van der Waals surface area contributed by atoms with Crippen LogP contribution in [0.15, 0.2) is 29.6 Å². The second kappa shape index (κ2) is 6.36. The zero-order valence-electron chi connectivity index (χ0n) is 12.4. The Bertz CT molecular complexity index is 819. The predicted molar refractivity (Wildman–Crippen MR) is 85.9 cm³/mol. The molecule has 0 aliphatic carbocycles. The molecule has 2 aromatic rings. The van der Waals surface area contributed by atoms with Crippen molar-refractivity contribution in [3.8, 4) is 10.6 Å². The first-order chi connectivity index (χ1) is 11.5. The summed E-state index contributed by atoms with van der Waals surface area (Å²) in [6, 6.07) is 5.18. The summed E-state index contributed by atoms with van der Waals surface area (Å²) >= 11 is 1.19. The lowest BCUT2D eigenvalue weighted by atomic mass is 10.2. The van der Waals surface area contributed by atoms with Crippen LogP contribution in [0.3, 0.4) is 0 Å². The molecule has 0 radical (unpaired) electrons. The predicted octanol–water partition coefficient (Wildman–Crippen LogP) is 2.41. The summed E-state index contributed by atoms with van der Waals surface area (Å²) in [5.74, 6) is -1.44. The van der Waals surface area contributed by atoms with Crippen LogP contribution in [0.1, 0.15) is 23.3 Å². The standard InChI is InChI=1S/C15H13N3O5S/c19-14(17-6-2-5-12(17)15(20)21)11-8-24-13(16-11)9-3-1-4-10(7-9)18(22)23/h1,3-4,7-8,12H,2,5-6H2,(H,20,21)/t12-/m0/s1. The van der Waals surface area contributed by atoms with E-state index in [2.05, 4.69) is 4.98 Å². The van der Waals surface area contributed by atoms with Gasteiger partial charge in [-0.25, -0.2) is 9.78 Å². The molecular weight excluding hydrogens is 334 g/mol. The maximum atomic E-state index is 12.5. The monoisotopic (exact) mass is 347 g/mol. The normalized spacial score (nSPS) is 17.0. The van der Waals surface area contributed by atoms with Crippen LogP contribution >= 0.6 is 11.3 Å². The van der Waals surface area contributed by atoms with Crippen molar-refractivity contribution >= 4 is 28.9 Å². The van der Waals surface area contributed by atoms with Gasteiger partial charge in [0.2, 0.25) is 0 Å². The van der Waals surface area contributed by atoms with Crippen molar-refractivity contribution in [1.82, 2.24) is 9.88 Å². The largest absolute Gasteiger partial charge is 0.480 e. The van der Waals surface area contributed by atoms with Gasteiger partial charge in [0.15, 0.2) is 0 Å². The molecule has 1 aliphatic heterocycles. The van der Waals surface area contributed by atoms with E-state index in [1.807, 2.05) is 0 Å². The zero-order valence-corrected chi connectivity index (χ0v) is 13.2. The van der Waals surface area contributed by atoms with Crippen LogP contribution in [-0.2, 0) is 4.79 Å². The van der Waals surface area contributed by atoms with E-state index in [0.717, 1.165) is 0 Å². The molecule has 124 valence electrons. The van der Waals surface area contributed by atoms with Gasteiger partial charge in [0, 0.05) is 29.6 Å². The lowest BCUT2D eigenvalue weighted by Crippen LogP contribution is -2.40. The van der Waals surface area contributed by atoms with Crippen molar-refractivity contribution in [1.29, 1.82) is 0 Å². The maximum Gasteiger partial charge on any atom is 0.326 e. The van der Waals surface area contributed by atoms with Gasteiger partial charge >= 0.3 is 5.97 Å². The lowest BCUT2D eigenvalue weighted by Gasteiger charge is -2.20. The Kier molecular flexibility index (Phi) is 4.26. The fourth-order valence-electron chi connectivity index (χ4n) is 2.67. The summed E-state index contributed by atoms with van der Waals surface area (Å²) in [5, 5.41) is 22.0. The number of carbonyl (C=O) groups is 2. The summed E-state index contributed by atoms with van der Waals surface area (Å²) < 4.78 is 0. The molecule has 0 spiro atoms. The second-order valence-electron chi connectivity index (χ2n) is 5.34. The van der Waals surface area contributed by atoms with Crippen LogP contribution in [-0.4, -0.2) is 44.4 Å². The number of nitrogens with zero attached hydrogens (tertiary/aromatic N) is 3. The van der Waals surface area contributed by atoms with Crippen LogP contribution in [0.2, 0.25) is 0 Å². The quantitative estimate of drug-likeness (QED) is 0.671. The van der Waals surface area contributed by atoms with E-state index in [1.54, 1.807) is 17.5 Å². The minimum atomic E-state index is -1.02. The van der Waals surface area contributed by atoms with Gasteiger partial charge < -0.3 is 10.0 Å². The van der Waals surface area contributed by atoms with Gasteiger partial charge in [0.1, 0.15) is 16.7 Å². The fraction of sp³-hybridized carbons (Fsp3) is 0.267. The van der Waals surface area contributed by atoms with E-state index in [0.29, 0.717) is 30.0 Å². The minimum absolute atomic E-state index is 0.0546. The SMILES string of the molecule is O=C(O)[C@@H]1CCCN1C(=O)c1csc(-c2cccc([N+](=O)[O-])c2)n1. The molecule has 0 saturated carbocycles. The number of amides is 1. The highest BCUT2D eigenvalue weighted by Gasteiger charge is 2.35. The molecule has 1 atom stereocenters. The van der Waals surface area contributed by atoms with Crippen molar-refractivity contribution in [3.05, 3.63) is 45.5 Å². The Balaban J connectivity index is 1.85. The van der Waals surface area contributed by atoms with E-state index in [1.165, 1.54) is 28.4 Å². The van der Waals surface area contributed by atoms with Gasteiger partial charge in [-0.3, -0.25) is 14.9 Å². The van der Waals surface area contributed by atoms with E-state index in [-0.39, 0.29) is 11.4 Å². The number of carboxylic acid groups (broad SMARTS) is 1. The third-order valence-corrected chi connectivity index (χ3v) is 4.72. The summed E-state index contributed by atoms with van der Waals surface area (Å²) in [4.78, 5) is 39.6. The van der Waals surface area contributed by atoms with E-state index >= 15 is 0 Å². The third kappa shape index (κ3) is 2.98. The molecule has 9 heteroatoms. The minimum Gasteiger partial charge on any atom is -0.480 e. The Hall–Kier alpha value is -2.81. The average molecular weight is 347 g/mol. The topological polar surface area (TPSA) is 114 Å². The van der Waals surface area contributed by atoms with Crippen molar-refractivity contribution in [3.63, 3.8) is 0 Å². The molecule has 1 fully saturated rings. The number of thiazole rings is 1. The number of likely N-dealkylation sites (tertiary alicyclic amines) is 1. The number of rotatable bonds is 4. The van der Waals surface area contributed by atoms with E-state index in [9.17, 15) is 19.7 Å². The summed E-state index contributed by atoms with van der Waals surface area (Å²) in [6.07, 6.45) is 1.08. The molecule has 0 unspecified atom stereocenters. The molecule has 1 amide bonds. The highest BCUT2D eigenvalue weighted by Crippen LogP contribution is 2.28. The molecule has 1 aromatic heterocycles. The van der Waals surface area contributed by atoms with E-state index < -0.39 is 22.8 Å². The van der Waals surface area contributed by atoms with Crippen molar-refractivity contribution in [2.45, 2.75) is 18.9 Å². The molecular formula is C15H13N3O5S. The maximum absolute atomic E-state index is 12.5. The summed E-state index contributed by atoms with van der Waals surface area (Å²) in [7, 11) is 0. The van der Waals surface area contributed by atoms with Crippen LogP contribution in [0.4, 0.5) is 5.69 Å². The van der Waals surface area contributed by atoms with Gasteiger partial charge in [-0.05, 0) is 12.8 Å². The number of benzene rings is 1. The van der Waals surface area contributed by atoms with Crippen LogP contribution < -0.4 is 0 Å². The number of nitro benzene ring substituents is 1. The molecule has 24 heavy (non-hydrogen) atoms. The number of hydrogen-bond acceptors (Lipinski definition) is 6. The van der Waals surface area contributed by atoms with Gasteiger partial charge in [-0.1, -0.05) is 12.1 Å². The highest BCUT2D eigenvalue weighted by molar-refractivity contribution is 7.13. The Morgan fingerprint density at radius 1 is 1.42 bits per heavy atom. The van der Waals surface area contributed by atoms with Crippen LogP contribution in [0.25, 0.3) is 10.6 Å². The first kappa shape index (κ1) is 16.1. The number of non-ortho nitro benzene ring substituents is 1. The molecule has 0 bridgehead atoms. The van der Waals surface area contributed by atoms with Crippen molar-refractivity contribution in [2.24, 2.45) is 0 Å². The smallest absolute Gasteiger partial charge is 0.326 e. The molecule has 8 nitrogen and oxygen atoms in total. The van der Waals surface area contributed by atoms with Crippen molar-refractivity contribution in [2.75, 3.05) is 6.54 Å². The van der Waals surface area contributed by atoms with Gasteiger partial charge in [-0.2, -0.15) is 0 Å². The van der Waals surface area contributed by atoms with Gasteiger partial charge in [0.25, 0.3) is 11.6 Å². The number of carbonyl (C=O) groups excluding carboxylic acids is 1. The summed E-state index contributed by atoms with van der Waals surface area (Å²) in [5.41, 5.74) is 0.653. The fourth-order valence-corrected chi connectivity index (χ4v) is 3.46. The second-order valence-corrected chi connectivity index (χ2v) is 6.20. The van der Waals surface area contributed by atoms with Crippen molar-refractivity contribution < 1.29 is 19.6 Å². The Morgan fingerprint density at radius 3 is 2.92 bits per heavy atom. The number of hydrogen-bond donors (Lipinski definition) is 1. The summed E-state index contributed by atoms with van der Waals surface area (Å²) in [6.45, 7) is 0.388. The lowest BCUT2D eigenvalue weighted by molar-refractivity contribution is -0.384. The molecule has 1 aliphatic rings. The molecule has 1 saturated heterocycles. The number of aliphatic carboxylic acids is 1. The molecule has 1 N–H and O–H groups in total. The number of nitro groups is 1. The Morgan fingerprint density at radius 2 is 2.21 bits per heavy atom. The number of aromatic nitrogens is 1. The third-order valence-electron chi connectivity index (χ3n) is 3.83. The zero-order chi connectivity index (χ0) is 17.3.